The Morgan fingerprint density at radius 1 is 1.19 bits per heavy atom. The second kappa shape index (κ2) is 7.50. The van der Waals surface area contributed by atoms with E-state index in [1.165, 1.54) is 49.5 Å². The highest BCUT2D eigenvalue weighted by molar-refractivity contribution is 6.03. The van der Waals surface area contributed by atoms with Gasteiger partial charge in [-0.25, -0.2) is 18.8 Å². The highest BCUT2D eigenvalue weighted by Crippen LogP contribution is 2.38. The summed E-state index contributed by atoms with van der Waals surface area (Å²) in [6.07, 6.45) is 1.27. The number of anilines is 1. The number of aliphatic imine (C=N–C) groups is 1. The van der Waals surface area contributed by atoms with Gasteiger partial charge in [-0.3, -0.25) is 4.79 Å². The molecule has 1 aliphatic rings. The predicted octanol–water partition coefficient (Wildman–Crippen LogP) is 3.45. The van der Waals surface area contributed by atoms with Crippen LogP contribution in [0.4, 0.5) is 14.5 Å². The minimum Gasteiger partial charge on any atom is -0.461 e. The largest absolute Gasteiger partial charge is 0.461 e. The Bertz CT molecular complexity index is 1270. The van der Waals surface area contributed by atoms with Crippen molar-refractivity contribution in [2.45, 2.75) is 12.6 Å². The van der Waals surface area contributed by atoms with Crippen LogP contribution in [0.5, 0.6) is 5.75 Å². The van der Waals surface area contributed by atoms with Crippen molar-refractivity contribution in [2.75, 3.05) is 5.32 Å². The number of rotatable bonds is 3. The van der Waals surface area contributed by atoms with E-state index in [4.69, 9.17) is 15.7 Å². The van der Waals surface area contributed by atoms with Crippen LogP contribution in [0.25, 0.3) is 0 Å². The van der Waals surface area contributed by atoms with Crippen molar-refractivity contribution in [1.29, 1.82) is 5.26 Å². The monoisotopic (exact) mass is 419 g/mol. The lowest BCUT2D eigenvalue weighted by Gasteiger charge is -2.32. The summed E-state index contributed by atoms with van der Waals surface area (Å²) >= 11 is 0. The lowest BCUT2D eigenvalue weighted by molar-refractivity contribution is 0.0880. The van der Waals surface area contributed by atoms with Gasteiger partial charge < -0.3 is 15.8 Å². The van der Waals surface area contributed by atoms with Gasteiger partial charge in [0.2, 0.25) is 5.72 Å². The average Bonchev–Trinajstić information content (AvgIpc) is 2.74. The first-order chi connectivity index (χ1) is 14.8. The molecule has 3 N–H and O–H groups in total. The van der Waals surface area contributed by atoms with Crippen LogP contribution < -0.4 is 15.8 Å². The van der Waals surface area contributed by atoms with Crippen molar-refractivity contribution in [1.82, 2.24) is 4.98 Å². The van der Waals surface area contributed by atoms with E-state index in [2.05, 4.69) is 15.3 Å². The molecule has 154 valence electrons. The van der Waals surface area contributed by atoms with Crippen LogP contribution in [0, 0.1) is 23.0 Å². The van der Waals surface area contributed by atoms with Gasteiger partial charge in [0.15, 0.2) is 0 Å². The SMILES string of the molecule is CC1(c2cc(NC(=O)c3ccc(C#N)cn3)ccc2F)N=C(N)c2ccc(F)cc2O1. The topological polar surface area (TPSA) is 113 Å². The molecule has 0 fully saturated rings. The lowest BCUT2D eigenvalue weighted by Crippen LogP contribution is -2.36. The Balaban J connectivity index is 1.66. The maximum atomic E-state index is 14.7. The molecule has 1 aliphatic heterocycles. The zero-order valence-electron chi connectivity index (χ0n) is 16.2. The molecule has 31 heavy (non-hydrogen) atoms. The minimum absolute atomic E-state index is 0.00375. The first-order valence-corrected chi connectivity index (χ1v) is 9.11. The normalized spacial score (nSPS) is 17.0. The highest BCUT2D eigenvalue weighted by atomic mass is 19.1. The third-order valence-electron chi connectivity index (χ3n) is 4.71. The summed E-state index contributed by atoms with van der Waals surface area (Å²) in [5.41, 5.74) is 5.47. The van der Waals surface area contributed by atoms with E-state index in [0.29, 0.717) is 11.1 Å². The van der Waals surface area contributed by atoms with E-state index >= 15 is 0 Å². The summed E-state index contributed by atoms with van der Waals surface area (Å²) in [5, 5.41) is 11.4. The quantitative estimate of drug-likeness (QED) is 0.675. The summed E-state index contributed by atoms with van der Waals surface area (Å²) in [6, 6.07) is 12.5. The summed E-state index contributed by atoms with van der Waals surface area (Å²) in [4.78, 5) is 20.6. The van der Waals surface area contributed by atoms with Gasteiger partial charge in [0.25, 0.3) is 5.91 Å². The molecule has 9 heteroatoms. The Hall–Kier alpha value is -4.32. The number of hydrogen-bond acceptors (Lipinski definition) is 6. The molecule has 0 aliphatic carbocycles. The van der Waals surface area contributed by atoms with Gasteiger partial charge in [0.1, 0.15) is 35.0 Å². The zero-order chi connectivity index (χ0) is 22.2. The van der Waals surface area contributed by atoms with Crippen LogP contribution in [0.15, 0.2) is 59.7 Å². The fourth-order valence-electron chi connectivity index (χ4n) is 3.18. The molecule has 1 aromatic heterocycles. The molecule has 0 bridgehead atoms. The number of halogens is 2. The maximum absolute atomic E-state index is 14.7. The summed E-state index contributed by atoms with van der Waals surface area (Å²) in [5.74, 6) is -1.53. The van der Waals surface area contributed by atoms with Gasteiger partial charge in [-0.15, -0.1) is 0 Å². The van der Waals surface area contributed by atoms with Crippen molar-refractivity contribution in [3.63, 3.8) is 0 Å². The van der Waals surface area contributed by atoms with Crippen molar-refractivity contribution in [3.05, 3.63) is 88.7 Å². The minimum atomic E-state index is -1.58. The van der Waals surface area contributed by atoms with E-state index in [9.17, 15) is 13.6 Å². The number of benzene rings is 2. The van der Waals surface area contributed by atoms with Crippen LogP contribution in [-0.4, -0.2) is 16.7 Å². The number of amides is 1. The van der Waals surface area contributed by atoms with Crippen LogP contribution >= 0.6 is 0 Å². The van der Waals surface area contributed by atoms with Crippen LogP contribution in [-0.2, 0) is 5.72 Å². The number of ether oxygens (including phenoxy) is 1. The molecule has 2 heterocycles. The number of nitrogens with zero attached hydrogens (tertiary/aromatic N) is 3. The standard InChI is InChI=1S/C22H15F2N5O2/c1-22(29-20(26)15-5-3-13(23)8-19(15)31-22)16-9-14(4-6-17(16)24)28-21(30)18-7-2-12(10-25)11-27-18/h2-9,11H,1H3,(H2,26,29)(H,28,30). The average molecular weight is 419 g/mol. The molecule has 3 aromatic rings. The number of amidine groups is 1. The van der Waals surface area contributed by atoms with Crippen LogP contribution in [0.3, 0.4) is 0 Å². The molecular weight excluding hydrogens is 404 g/mol. The molecule has 1 atom stereocenters. The molecule has 1 amide bonds. The van der Waals surface area contributed by atoms with Gasteiger partial charge >= 0.3 is 0 Å². The maximum Gasteiger partial charge on any atom is 0.274 e. The first kappa shape index (κ1) is 20.0. The van der Waals surface area contributed by atoms with E-state index in [1.54, 1.807) is 0 Å². The summed E-state index contributed by atoms with van der Waals surface area (Å²) in [7, 11) is 0. The predicted molar refractivity (Wildman–Crippen MR) is 108 cm³/mol. The van der Waals surface area contributed by atoms with Gasteiger partial charge in [0, 0.05) is 24.9 Å². The number of fused-ring (bicyclic) bond motifs is 1. The van der Waals surface area contributed by atoms with Crippen LogP contribution in [0.2, 0.25) is 0 Å². The third-order valence-corrected chi connectivity index (χ3v) is 4.71. The van der Waals surface area contributed by atoms with Gasteiger partial charge in [-0.1, -0.05) is 0 Å². The number of nitrogens with one attached hydrogen (secondary N) is 1. The second-order valence-electron chi connectivity index (χ2n) is 6.92. The number of nitrogens with two attached hydrogens (primary N) is 1. The van der Waals surface area contributed by atoms with Crippen molar-refractivity contribution >= 4 is 17.4 Å². The molecule has 2 aromatic carbocycles. The zero-order valence-corrected chi connectivity index (χ0v) is 16.2. The molecule has 1 unspecified atom stereocenters. The Morgan fingerprint density at radius 3 is 2.71 bits per heavy atom. The molecule has 7 nitrogen and oxygen atoms in total. The van der Waals surface area contributed by atoms with E-state index < -0.39 is 23.3 Å². The molecule has 0 radical (unpaired) electrons. The third kappa shape index (κ3) is 3.79. The first-order valence-electron chi connectivity index (χ1n) is 9.11. The molecular formula is C22H15F2N5O2. The lowest BCUT2D eigenvalue weighted by atomic mass is 10.0. The van der Waals surface area contributed by atoms with Gasteiger partial charge in [0.05, 0.1) is 16.7 Å². The van der Waals surface area contributed by atoms with Crippen molar-refractivity contribution in [3.8, 4) is 11.8 Å². The molecule has 0 saturated carbocycles. The van der Waals surface area contributed by atoms with Crippen molar-refractivity contribution in [2.24, 2.45) is 10.7 Å². The summed E-state index contributed by atoms with van der Waals surface area (Å²) < 4.78 is 34.2. The summed E-state index contributed by atoms with van der Waals surface area (Å²) in [6.45, 7) is 1.49. The number of aromatic nitrogens is 1. The fraction of sp³-hybridized carbons (Fsp3) is 0.0909. The molecule has 0 saturated heterocycles. The van der Waals surface area contributed by atoms with Gasteiger partial charge in [-0.05, 0) is 42.5 Å². The number of carbonyl (C=O) groups is 1. The number of pyridine rings is 1. The Labute approximate surface area is 175 Å². The number of nitriles is 1. The van der Waals surface area contributed by atoms with E-state index in [0.717, 1.165) is 12.1 Å². The number of hydrogen-bond donors (Lipinski definition) is 2. The molecule has 4 rings (SSSR count). The Kier molecular flexibility index (Phi) is 4.83. The highest BCUT2D eigenvalue weighted by Gasteiger charge is 2.36. The van der Waals surface area contributed by atoms with Gasteiger partial charge in [-0.2, -0.15) is 5.26 Å². The van der Waals surface area contributed by atoms with Crippen molar-refractivity contribution < 1.29 is 18.3 Å². The van der Waals surface area contributed by atoms with E-state index in [-0.39, 0.29) is 28.5 Å². The van der Waals surface area contributed by atoms with Crippen LogP contribution in [0.1, 0.15) is 34.1 Å². The number of carbonyl (C=O) groups excluding carboxylic acids is 1. The second-order valence-corrected chi connectivity index (χ2v) is 6.92. The van der Waals surface area contributed by atoms with E-state index in [1.807, 2.05) is 6.07 Å². The fourth-order valence-corrected chi connectivity index (χ4v) is 3.18. The Morgan fingerprint density at radius 2 is 2.00 bits per heavy atom. The smallest absolute Gasteiger partial charge is 0.274 e. The molecule has 0 spiro atoms.